The molecular weight excluding hydrogens is 220 g/mol. The average molecular weight is 238 g/mol. The largest absolute Gasteiger partial charge is 0.299 e. The first kappa shape index (κ1) is 10.5. The lowest BCUT2D eigenvalue weighted by Crippen LogP contribution is -2.42. The van der Waals surface area contributed by atoms with Crippen LogP contribution < -0.4 is 0 Å². The number of benzene rings is 1. The van der Waals surface area contributed by atoms with Gasteiger partial charge in [0.15, 0.2) is 0 Å². The molecule has 0 heterocycles. The van der Waals surface area contributed by atoms with Crippen molar-refractivity contribution in [2.45, 2.75) is 39.0 Å². The third-order valence-corrected chi connectivity index (χ3v) is 5.43. The molecule has 0 aromatic heterocycles. The van der Waals surface area contributed by atoms with E-state index in [-0.39, 0.29) is 5.41 Å². The Hall–Kier alpha value is -1.37. The highest BCUT2D eigenvalue weighted by molar-refractivity contribution is 5.91. The van der Waals surface area contributed by atoms with Crippen LogP contribution in [0.15, 0.2) is 29.8 Å². The summed E-state index contributed by atoms with van der Waals surface area (Å²) in [4.78, 5) is 12.7. The van der Waals surface area contributed by atoms with Gasteiger partial charge in [-0.25, -0.2) is 0 Å². The van der Waals surface area contributed by atoms with Crippen molar-refractivity contribution in [2.75, 3.05) is 0 Å². The standard InChI is InChI=1S/C17H18O/c1-11-3-2-4-13-10-17(16(18)8-15(11)13)9-12-5-6-14(17)7-12/h2-5,14H,6-10H2,1H3. The van der Waals surface area contributed by atoms with Gasteiger partial charge in [-0.1, -0.05) is 29.8 Å². The molecule has 3 aliphatic carbocycles. The van der Waals surface area contributed by atoms with Crippen LogP contribution in [0.5, 0.6) is 0 Å². The summed E-state index contributed by atoms with van der Waals surface area (Å²) in [7, 11) is 0. The molecule has 2 atom stereocenters. The van der Waals surface area contributed by atoms with Crippen molar-refractivity contribution in [1.29, 1.82) is 0 Å². The molecule has 3 aliphatic rings. The summed E-state index contributed by atoms with van der Waals surface area (Å²) in [6.07, 6.45) is 7.41. The fourth-order valence-electron chi connectivity index (χ4n) is 4.40. The van der Waals surface area contributed by atoms with E-state index in [0.717, 1.165) is 19.3 Å². The molecule has 2 unspecified atom stereocenters. The summed E-state index contributed by atoms with van der Waals surface area (Å²) in [5, 5.41) is 0. The van der Waals surface area contributed by atoms with Gasteiger partial charge >= 0.3 is 0 Å². The Morgan fingerprint density at radius 3 is 2.89 bits per heavy atom. The molecule has 1 nitrogen and oxygen atoms in total. The first-order valence-corrected chi connectivity index (χ1v) is 6.98. The van der Waals surface area contributed by atoms with Gasteiger partial charge in [0, 0.05) is 11.8 Å². The van der Waals surface area contributed by atoms with Gasteiger partial charge in [0.1, 0.15) is 5.78 Å². The lowest BCUT2D eigenvalue weighted by Gasteiger charge is -2.39. The van der Waals surface area contributed by atoms with Gasteiger partial charge < -0.3 is 0 Å². The van der Waals surface area contributed by atoms with Gasteiger partial charge in [0.2, 0.25) is 0 Å². The van der Waals surface area contributed by atoms with Crippen LogP contribution in [0.1, 0.15) is 36.0 Å². The molecule has 18 heavy (non-hydrogen) atoms. The molecule has 1 spiro atoms. The van der Waals surface area contributed by atoms with Gasteiger partial charge in [0.25, 0.3) is 0 Å². The van der Waals surface area contributed by atoms with Crippen molar-refractivity contribution in [3.05, 3.63) is 46.5 Å². The molecule has 1 aromatic carbocycles. The topological polar surface area (TPSA) is 17.1 Å². The predicted molar refractivity (Wildman–Crippen MR) is 71.5 cm³/mol. The molecule has 1 heteroatoms. The van der Waals surface area contributed by atoms with E-state index in [9.17, 15) is 4.79 Å². The number of allylic oxidation sites excluding steroid dienone is 2. The predicted octanol–water partition coefficient (Wildman–Crippen LogP) is 3.39. The maximum atomic E-state index is 12.7. The van der Waals surface area contributed by atoms with Crippen LogP contribution >= 0.6 is 0 Å². The lowest BCUT2D eigenvalue weighted by atomic mass is 9.63. The molecule has 0 amide bonds. The number of hydrogen-bond acceptors (Lipinski definition) is 1. The average Bonchev–Trinajstić information content (AvgIpc) is 2.93. The van der Waals surface area contributed by atoms with Gasteiger partial charge in [-0.2, -0.15) is 0 Å². The second-order valence-corrected chi connectivity index (χ2v) is 6.32. The van der Waals surface area contributed by atoms with Crippen molar-refractivity contribution in [3.8, 4) is 0 Å². The molecular formula is C17H18O. The second-order valence-electron chi connectivity index (χ2n) is 6.32. The van der Waals surface area contributed by atoms with Crippen LogP contribution in [-0.2, 0) is 17.6 Å². The fourth-order valence-corrected chi connectivity index (χ4v) is 4.40. The summed E-state index contributed by atoms with van der Waals surface area (Å²) in [6.45, 7) is 2.13. The van der Waals surface area contributed by atoms with Gasteiger partial charge in [0.05, 0.1) is 0 Å². The summed E-state index contributed by atoms with van der Waals surface area (Å²) in [5.41, 5.74) is 5.56. The van der Waals surface area contributed by atoms with E-state index in [1.54, 1.807) is 5.57 Å². The zero-order valence-corrected chi connectivity index (χ0v) is 10.8. The summed E-state index contributed by atoms with van der Waals surface area (Å²) < 4.78 is 0. The van der Waals surface area contributed by atoms with Crippen LogP contribution in [0.25, 0.3) is 0 Å². The highest BCUT2D eigenvalue weighted by atomic mass is 16.1. The Bertz CT molecular complexity index is 581. The maximum absolute atomic E-state index is 12.7. The van der Waals surface area contributed by atoms with Crippen molar-refractivity contribution in [2.24, 2.45) is 11.3 Å². The van der Waals surface area contributed by atoms with Crippen molar-refractivity contribution in [1.82, 2.24) is 0 Å². The van der Waals surface area contributed by atoms with Gasteiger partial charge in [-0.15, -0.1) is 0 Å². The molecule has 1 fully saturated rings. The Balaban J connectivity index is 1.82. The molecule has 1 aromatic rings. The minimum atomic E-state index is -0.0229. The molecule has 1 saturated carbocycles. The Morgan fingerprint density at radius 2 is 2.17 bits per heavy atom. The number of hydrogen-bond donors (Lipinski definition) is 0. The van der Waals surface area contributed by atoms with Crippen molar-refractivity contribution in [3.63, 3.8) is 0 Å². The Labute approximate surface area is 108 Å². The molecule has 0 radical (unpaired) electrons. The minimum absolute atomic E-state index is 0.0229. The molecule has 92 valence electrons. The normalized spacial score (nSPS) is 32.8. The van der Waals surface area contributed by atoms with E-state index in [2.05, 4.69) is 31.2 Å². The van der Waals surface area contributed by atoms with Crippen LogP contribution in [0, 0.1) is 18.3 Å². The zero-order chi connectivity index (χ0) is 12.3. The quantitative estimate of drug-likeness (QED) is 0.633. The van der Waals surface area contributed by atoms with E-state index in [4.69, 9.17) is 0 Å². The van der Waals surface area contributed by atoms with E-state index in [0.29, 0.717) is 18.1 Å². The van der Waals surface area contributed by atoms with E-state index >= 15 is 0 Å². The summed E-state index contributed by atoms with van der Waals surface area (Å²) in [6, 6.07) is 6.51. The van der Waals surface area contributed by atoms with E-state index < -0.39 is 0 Å². The third kappa shape index (κ3) is 1.20. The number of aryl methyl sites for hydroxylation is 1. The first-order valence-electron chi connectivity index (χ1n) is 6.98. The van der Waals surface area contributed by atoms with Crippen LogP contribution in [-0.4, -0.2) is 5.78 Å². The zero-order valence-electron chi connectivity index (χ0n) is 10.8. The smallest absolute Gasteiger partial charge is 0.144 e. The molecule has 2 bridgehead atoms. The van der Waals surface area contributed by atoms with Crippen LogP contribution in [0.4, 0.5) is 0 Å². The number of carbonyl (C=O) groups excluding carboxylic acids is 1. The molecule has 4 rings (SSSR count). The third-order valence-electron chi connectivity index (χ3n) is 5.43. The summed E-state index contributed by atoms with van der Waals surface area (Å²) >= 11 is 0. The number of rotatable bonds is 0. The number of carbonyl (C=O) groups is 1. The lowest BCUT2D eigenvalue weighted by molar-refractivity contribution is -0.131. The molecule has 0 aliphatic heterocycles. The Kier molecular flexibility index (Phi) is 1.96. The SMILES string of the molecule is Cc1cccc2c1CC(=O)C1(CC3=CCC1C3)C2. The van der Waals surface area contributed by atoms with E-state index in [1.165, 1.54) is 23.1 Å². The molecule has 0 saturated heterocycles. The number of fused-ring (bicyclic) bond motifs is 4. The number of Topliss-reactive ketones (excluding diaryl/α,β-unsaturated/α-hetero) is 1. The van der Waals surface area contributed by atoms with Gasteiger partial charge in [-0.05, 0) is 55.2 Å². The van der Waals surface area contributed by atoms with Crippen molar-refractivity contribution >= 4 is 5.78 Å². The molecule has 0 N–H and O–H groups in total. The number of ketones is 1. The monoisotopic (exact) mass is 238 g/mol. The first-order chi connectivity index (χ1) is 8.69. The highest BCUT2D eigenvalue weighted by Crippen LogP contribution is 2.56. The van der Waals surface area contributed by atoms with E-state index in [1.807, 2.05) is 0 Å². The maximum Gasteiger partial charge on any atom is 0.144 e. The Morgan fingerprint density at radius 1 is 1.28 bits per heavy atom. The highest BCUT2D eigenvalue weighted by Gasteiger charge is 2.53. The van der Waals surface area contributed by atoms with Crippen molar-refractivity contribution < 1.29 is 4.79 Å². The fraction of sp³-hybridized carbons (Fsp3) is 0.471. The second kappa shape index (κ2) is 3.34. The summed E-state index contributed by atoms with van der Waals surface area (Å²) in [5.74, 6) is 1.12. The van der Waals surface area contributed by atoms with Crippen LogP contribution in [0.3, 0.4) is 0 Å². The van der Waals surface area contributed by atoms with Crippen LogP contribution in [0.2, 0.25) is 0 Å². The minimum Gasteiger partial charge on any atom is -0.299 e. The van der Waals surface area contributed by atoms with Gasteiger partial charge in [-0.3, -0.25) is 4.79 Å².